The van der Waals surface area contributed by atoms with E-state index in [2.05, 4.69) is 11.1 Å². The van der Waals surface area contributed by atoms with Crippen LogP contribution in [0.2, 0.25) is 0 Å². The minimum Gasteiger partial charge on any atom is -0.466 e. The molecule has 1 unspecified atom stereocenters. The van der Waals surface area contributed by atoms with E-state index >= 15 is 0 Å². The molecule has 0 saturated heterocycles. The number of carbonyl (C=O) groups is 2. The highest BCUT2D eigenvalue weighted by atomic mass is 19.4. The van der Waals surface area contributed by atoms with Crippen molar-refractivity contribution in [1.82, 2.24) is 9.88 Å². The number of nitrogens with zero attached hydrogens (tertiary/aromatic N) is 5. The van der Waals surface area contributed by atoms with Crippen LogP contribution in [-0.2, 0) is 28.8 Å². The predicted molar refractivity (Wildman–Crippen MR) is 155 cm³/mol. The first-order valence-electron chi connectivity index (χ1n) is 13.4. The maximum Gasteiger partial charge on any atom is 0.416 e. The molecule has 1 aliphatic rings. The number of allylic oxidation sites excluding steroid dienone is 1. The van der Waals surface area contributed by atoms with Gasteiger partial charge in [0.05, 0.1) is 49.7 Å². The van der Waals surface area contributed by atoms with E-state index < -0.39 is 35.7 Å². The van der Waals surface area contributed by atoms with Gasteiger partial charge in [0.15, 0.2) is 0 Å². The number of primary amides is 1. The highest BCUT2D eigenvalue weighted by Gasteiger charge is 2.45. The third kappa shape index (κ3) is 6.40. The summed E-state index contributed by atoms with van der Waals surface area (Å²) in [5, 5.41) is 18.7. The summed E-state index contributed by atoms with van der Waals surface area (Å²) in [6, 6.07) is 14.2. The monoisotopic (exact) mass is 606 g/mol. The normalized spacial score (nSPS) is 15.7. The second-order valence-electron chi connectivity index (χ2n) is 10.9. The number of benzene rings is 2. The molecule has 2 aromatic carbocycles. The van der Waals surface area contributed by atoms with E-state index in [4.69, 9.17) is 15.9 Å². The van der Waals surface area contributed by atoms with E-state index in [9.17, 15) is 28.0 Å². The summed E-state index contributed by atoms with van der Waals surface area (Å²) in [5.74, 6) is -1.44. The summed E-state index contributed by atoms with van der Waals surface area (Å²) in [4.78, 5) is 32.7. The van der Waals surface area contributed by atoms with Gasteiger partial charge in [0.2, 0.25) is 5.96 Å². The number of guanidine groups is 1. The number of pyridine rings is 1. The van der Waals surface area contributed by atoms with Gasteiger partial charge in [0.1, 0.15) is 19.1 Å². The Labute approximate surface area is 252 Å². The number of rotatable bonds is 7. The maximum absolute atomic E-state index is 13.6. The highest BCUT2D eigenvalue weighted by molar-refractivity contribution is 6.10. The van der Waals surface area contributed by atoms with Crippen molar-refractivity contribution in [3.8, 4) is 6.07 Å². The fraction of sp³-hybridized carbons (Fsp3) is 0.258. The van der Waals surface area contributed by atoms with Gasteiger partial charge in [-0.25, -0.2) is 9.59 Å². The first kappa shape index (κ1) is 31.7. The number of quaternary nitrogens is 1. The van der Waals surface area contributed by atoms with Gasteiger partial charge < -0.3 is 15.0 Å². The van der Waals surface area contributed by atoms with E-state index in [1.165, 1.54) is 19.1 Å². The van der Waals surface area contributed by atoms with Crippen molar-refractivity contribution in [1.29, 1.82) is 10.7 Å². The Bertz CT molecular complexity index is 1680. The molecule has 0 spiro atoms. The fourth-order valence-corrected chi connectivity index (χ4v) is 5.40. The maximum atomic E-state index is 13.6. The number of amides is 2. The second kappa shape index (κ2) is 12.2. The van der Waals surface area contributed by atoms with Gasteiger partial charge in [-0.3, -0.25) is 20.2 Å². The minimum atomic E-state index is -4.68. The number of nitrogens with one attached hydrogen (secondary N) is 1. The van der Waals surface area contributed by atoms with Crippen molar-refractivity contribution in [3.63, 3.8) is 0 Å². The number of urea groups is 1. The van der Waals surface area contributed by atoms with Gasteiger partial charge in [-0.05, 0) is 55.0 Å². The Kier molecular flexibility index (Phi) is 8.78. The molecule has 3 aromatic rings. The number of alkyl halides is 3. The van der Waals surface area contributed by atoms with Crippen LogP contribution >= 0.6 is 0 Å². The molecule has 1 aliphatic heterocycles. The number of methoxy groups -OCH3 is 1. The number of hydrogen-bond donors (Lipinski definition) is 2. The molecule has 44 heavy (non-hydrogen) atoms. The minimum absolute atomic E-state index is 0.0706. The quantitative estimate of drug-likeness (QED) is 0.285. The van der Waals surface area contributed by atoms with Crippen molar-refractivity contribution in [2.45, 2.75) is 32.2 Å². The standard InChI is InChI=1S/C31H30F3N7O3/c1-19-26(28(42)44-4)27(40(30(37)43)29(36)39(19)24-10-7-8-22(15-24)31(32,33)34)25-12-11-20(16-35)14-21(25)17-41(2,3)18-23-9-5-6-13-38-23/h5-15,27,36H,17-18H2,1-4H3,(H-,37,43)/p+1. The van der Waals surface area contributed by atoms with Crippen LogP contribution < -0.4 is 10.6 Å². The Hall–Kier alpha value is -5.22. The van der Waals surface area contributed by atoms with Crippen LogP contribution in [-0.4, -0.2) is 53.5 Å². The lowest BCUT2D eigenvalue weighted by molar-refractivity contribution is -0.917. The molecule has 2 amide bonds. The average Bonchev–Trinajstić information content (AvgIpc) is 2.96. The molecule has 0 radical (unpaired) electrons. The van der Waals surface area contributed by atoms with Crippen LogP contribution in [0, 0.1) is 16.7 Å². The van der Waals surface area contributed by atoms with Crippen LogP contribution in [0.5, 0.6) is 0 Å². The Morgan fingerprint density at radius 1 is 1.11 bits per heavy atom. The zero-order chi connectivity index (χ0) is 32.4. The van der Waals surface area contributed by atoms with E-state index in [1.54, 1.807) is 24.4 Å². The fourth-order valence-electron chi connectivity index (χ4n) is 5.40. The molecule has 13 heteroatoms. The molecule has 2 heterocycles. The summed E-state index contributed by atoms with van der Waals surface area (Å²) in [7, 11) is 5.03. The largest absolute Gasteiger partial charge is 0.466 e. The summed E-state index contributed by atoms with van der Waals surface area (Å²) >= 11 is 0. The van der Waals surface area contributed by atoms with Gasteiger partial charge in [-0.15, -0.1) is 0 Å². The first-order chi connectivity index (χ1) is 20.7. The Morgan fingerprint density at radius 2 is 1.84 bits per heavy atom. The zero-order valence-corrected chi connectivity index (χ0v) is 24.5. The van der Waals surface area contributed by atoms with E-state index in [0.29, 0.717) is 34.3 Å². The van der Waals surface area contributed by atoms with Crippen LogP contribution in [0.25, 0.3) is 0 Å². The molecule has 10 nitrogen and oxygen atoms in total. The number of aromatic nitrogens is 1. The van der Waals surface area contributed by atoms with Gasteiger partial charge in [-0.1, -0.05) is 18.2 Å². The average molecular weight is 607 g/mol. The number of nitrogens with two attached hydrogens (primary N) is 1. The number of anilines is 1. The molecule has 3 N–H and O–H groups in total. The lowest BCUT2D eigenvalue weighted by Gasteiger charge is -2.43. The molecule has 0 bridgehead atoms. The number of hydrogen-bond acceptors (Lipinski definition) is 6. The molecule has 0 aliphatic carbocycles. The number of ether oxygens (including phenoxy) is 1. The van der Waals surface area contributed by atoms with Gasteiger partial charge in [-0.2, -0.15) is 18.4 Å². The van der Waals surface area contributed by atoms with E-state index in [-0.39, 0.29) is 17.0 Å². The lowest BCUT2D eigenvalue weighted by atomic mass is 9.88. The summed E-state index contributed by atoms with van der Waals surface area (Å²) in [6.07, 6.45) is -3.00. The van der Waals surface area contributed by atoms with Gasteiger partial charge in [0.25, 0.3) is 0 Å². The Morgan fingerprint density at radius 3 is 2.43 bits per heavy atom. The lowest BCUT2D eigenvalue weighted by Crippen LogP contribution is -2.55. The van der Waals surface area contributed by atoms with Gasteiger partial charge in [0, 0.05) is 23.1 Å². The van der Waals surface area contributed by atoms with Crippen LogP contribution in [0.1, 0.15) is 40.9 Å². The van der Waals surface area contributed by atoms with Crippen LogP contribution in [0.3, 0.4) is 0 Å². The molecule has 1 atom stereocenters. The molecular weight excluding hydrogens is 575 g/mol. The SMILES string of the molecule is COC(=O)C1=C(C)N(c2cccc(C(F)(F)F)c2)C(=N)N(C(N)=O)C1c1ccc(C#N)cc1C[N+](C)(C)Cc1ccccn1. The van der Waals surface area contributed by atoms with Crippen molar-refractivity contribution < 1.29 is 32.0 Å². The van der Waals surface area contributed by atoms with Gasteiger partial charge >= 0.3 is 18.2 Å². The zero-order valence-electron chi connectivity index (χ0n) is 24.5. The highest BCUT2D eigenvalue weighted by Crippen LogP contribution is 2.42. The third-order valence-electron chi connectivity index (χ3n) is 7.25. The second-order valence-corrected chi connectivity index (χ2v) is 10.9. The summed E-state index contributed by atoms with van der Waals surface area (Å²) in [5.41, 5.74) is 6.79. The van der Waals surface area contributed by atoms with E-state index in [0.717, 1.165) is 40.8 Å². The number of halogens is 3. The van der Waals surface area contributed by atoms with Crippen molar-refractivity contribution in [2.75, 3.05) is 26.1 Å². The third-order valence-corrected chi connectivity index (χ3v) is 7.25. The molecular formula is C31H31F3N7O3+. The molecule has 0 fully saturated rings. The van der Waals surface area contributed by atoms with Crippen LogP contribution in [0.15, 0.2) is 78.1 Å². The van der Waals surface area contributed by atoms with E-state index in [1.807, 2.05) is 26.2 Å². The predicted octanol–water partition coefficient (Wildman–Crippen LogP) is 5.07. The number of esters is 1. The molecule has 1 aromatic heterocycles. The summed E-state index contributed by atoms with van der Waals surface area (Å²) in [6.45, 7) is 2.26. The molecule has 4 rings (SSSR count). The number of carbonyl (C=O) groups excluding carboxylic acids is 2. The number of nitriles is 1. The molecule has 228 valence electrons. The Balaban J connectivity index is 1.93. The van der Waals surface area contributed by atoms with Crippen molar-refractivity contribution in [2.24, 2.45) is 5.73 Å². The topological polar surface area (TPSA) is 136 Å². The van der Waals surface area contributed by atoms with Crippen molar-refractivity contribution in [3.05, 3.63) is 106 Å². The summed E-state index contributed by atoms with van der Waals surface area (Å²) < 4.78 is 46.2. The molecule has 0 saturated carbocycles. The smallest absolute Gasteiger partial charge is 0.416 e. The first-order valence-corrected chi connectivity index (χ1v) is 13.4. The van der Waals surface area contributed by atoms with Crippen LogP contribution in [0.4, 0.5) is 23.7 Å². The van der Waals surface area contributed by atoms with Crippen molar-refractivity contribution >= 4 is 23.6 Å².